The summed E-state index contributed by atoms with van der Waals surface area (Å²) in [4.78, 5) is 13.3. The Morgan fingerprint density at radius 3 is 2.47 bits per heavy atom. The minimum atomic E-state index is -0.269. The van der Waals surface area contributed by atoms with Crippen LogP contribution in [0, 0.1) is 20.8 Å². The van der Waals surface area contributed by atoms with E-state index in [2.05, 4.69) is 35.1 Å². The van der Waals surface area contributed by atoms with E-state index in [4.69, 9.17) is 9.47 Å². The smallest absolute Gasteiger partial charge is 0.260 e. The van der Waals surface area contributed by atoms with Crippen LogP contribution in [0.25, 0.3) is 11.8 Å². The Morgan fingerprint density at radius 2 is 1.78 bits per heavy atom. The van der Waals surface area contributed by atoms with Crippen molar-refractivity contribution in [1.29, 1.82) is 0 Å². The van der Waals surface area contributed by atoms with Gasteiger partial charge in [0, 0.05) is 17.1 Å². The Hall–Kier alpha value is -3.32. The lowest BCUT2D eigenvalue weighted by Gasteiger charge is -2.16. The van der Waals surface area contributed by atoms with E-state index in [0.29, 0.717) is 4.91 Å². The van der Waals surface area contributed by atoms with Crippen LogP contribution in [0.4, 0.5) is 5.69 Å². The summed E-state index contributed by atoms with van der Waals surface area (Å²) in [7, 11) is 3.30. The SMILES string of the molecule is COc1ccc(-n2c(C)cc(/C=C3\SC(Nc4cc(C)ccc4OC)NC3=O)c2C)cc1. The molecule has 3 aromatic rings. The van der Waals surface area contributed by atoms with Gasteiger partial charge in [0.25, 0.3) is 5.91 Å². The molecule has 2 heterocycles. The summed E-state index contributed by atoms with van der Waals surface area (Å²) in [6.07, 6.45) is 1.96. The number of ether oxygens (including phenoxy) is 2. The lowest BCUT2D eigenvalue weighted by molar-refractivity contribution is -0.116. The van der Waals surface area contributed by atoms with Crippen LogP contribution in [0.1, 0.15) is 22.5 Å². The fourth-order valence-electron chi connectivity index (χ4n) is 3.84. The molecule has 1 fully saturated rings. The van der Waals surface area contributed by atoms with Crippen molar-refractivity contribution in [2.24, 2.45) is 0 Å². The first-order valence-electron chi connectivity index (χ1n) is 10.3. The van der Waals surface area contributed by atoms with Gasteiger partial charge in [0.05, 0.1) is 24.8 Å². The number of carbonyl (C=O) groups is 1. The van der Waals surface area contributed by atoms with E-state index in [-0.39, 0.29) is 11.4 Å². The molecule has 1 saturated heterocycles. The number of hydrogen-bond donors (Lipinski definition) is 2. The van der Waals surface area contributed by atoms with Gasteiger partial charge in [-0.2, -0.15) is 0 Å². The Bertz CT molecular complexity index is 1180. The predicted octanol–water partition coefficient (Wildman–Crippen LogP) is 5.02. The van der Waals surface area contributed by atoms with Crippen molar-refractivity contribution >= 4 is 29.4 Å². The maximum atomic E-state index is 12.7. The first-order chi connectivity index (χ1) is 15.4. The number of aryl methyl sites for hydroxylation is 2. The number of hydrogen-bond acceptors (Lipinski definition) is 5. The van der Waals surface area contributed by atoms with Crippen LogP contribution >= 0.6 is 11.8 Å². The van der Waals surface area contributed by atoms with Gasteiger partial charge >= 0.3 is 0 Å². The number of rotatable bonds is 6. The zero-order chi connectivity index (χ0) is 22.8. The molecule has 1 amide bonds. The van der Waals surface area contributed by atoms with E-state index < -0.39 is 0 Å². The molecule has 0 aliphatic carbocycles. The highest BCUT2D eigenvalue weighted by Crippen LogP contribution is 2.34. The van der Waals surface area contributed by atoms with Crippen LogP contribution in [0.5, 0.6) is 11.5 Å². The van der Waals surface area contributed by atoms with Gasteiger partial charge in [-0.1, -0.05) is 17.8 Å². The molecule has 2 N–H and O–H groups in total. The molecular formula is C25H27N3O3S. The topological polar surface area (TPSA) is 64.5 Å². The van der Waals surface area contributed by atoms with Crippen molar-refractivity contribution in [3.8, 4) is 17.2 Å². The number of nitrogens with one attached hydrogen (secondary N) is 2. The molecule has 7 heteroatoms. The summed E-state index contributed by atoms with van der Waals surface area (Å²) < 4.78 is 12.9. The highest BCUT2D eigenvalue weighted by atomic mass is 32.2. The number of amides is 1. The molecule has 4 rings (SSSR count). The van der Waals surface area contributed by atoms with Gasteiger partial charge in [-0.3, -0.25) is 4.79 Å². The van der Waals surface area contributed by atoms with Gasteiger partial charge in [-0.15, -0.1) is 0 Å². The van der Waals surface area contributed by atoms with Crippen molar-refractivity contribution in [3.63, 3.8) is 0 Å². The quantitative estimate of drug-likeness (QED) is 0.518. The van der Waals surface area contributed by atoms with Crippen LogP contribution in [0.3, 0.4) is 0 Å². The maximum absolute atomic E-state index is 12.7. The molecule has 1 aliphatic rings. The van der Waals surface area contributed by atoms with Crippen molar-refractivity contribution in [1.82, 2.24) is 9.88 Å². The molecule has 1 aromatic heterocycles. The Balaban J connectivity index is 1.57. The van der Waals surface area contributed by atoms with E-state index in [1.807, 2.05) is 55.5 Å². The van der Waals surface area contributed by atoms with Crippen molar-refractivity contribution in [2.75, 3.05) is 19.5 Å². The lowest BCUT2D eigenvalue weighted by atomic mass is 10.2. The Kier molecular flexibility index (Phi) is 6.19. The van der Waals surface area contributed by atoms with Crippen LogP contribution in [-0.4, -0.2) is 30.2 Å². The third-order valence-corrected chi connectivity index (χ3v) is 6.49. The molecule has 6 nitrogen and oxygen atoms in total. The molecule has 1 unspecified atom stereocenters. The van der Waals surface area contributed by atoms with Crippen molar-refractivity contribution in [2.45, 2.75) is 26.3 Å². The van der Waals surface area contributed by atoms with Crippen LogP contribution in [0.15, 0.2) is 53.4 Å². The number of benzene rings is 2. The van der Waals surface area contributed by atoms with Crippen LogP contribution in [0.2, 0.25) is 0 Å². The van der Waals surface area contributed by atoms with Gasteiger partial charge in [0.1, 0.15) is 11.5 Å². The fraction of sp³-hybridized carbons (Fsp3) is 0.240. The number of methoxy groups -OCH3 is 2. The Morgan fingerprint density at radius 1 is 1.03 bits per heavy atom. The first kappa shape index (κ1) is 21.9. The molecule has 0 radical (unpaired) electrons. The van der Waals surface area contributed by atoms with E-state index in [0.717, 1.165) is 45.4 Å². The average Bonchev–Trinajstić information content (AvgIpc) is 3.26. The molecule has 0 bridgehead atoms. The van der Waals surface area contributed by atoms with Gasteiger partial charge < -0.3 is 24.7 Å². The highest BCUT2D eigenvalue weighted by Gasteiger charge is 2.28. The normalized spacial score (nSPS) is 16.8. The standard InChI is InChI=1S/C25H27N3O3S/c1-15-6-11-22(31-5)21(12-15)26-25-27-24(29)23(32-25)14-18-13-16(2)28(17(18)3)19-7-9-20(30-4)10-8-19/h6-14,25-26H,1-5H3,(H,27,29)/b23-14-. The average molecular weight is 450 g/mol. The third-order valence-electron chi connectivity index (χ3n) is 5.46. The molecule has 32 heavy (non-hydrogen) atoms. The van der Waals surface area contributed by atoms with E-state index in [9.17, 15) is 4.79 Å². The highest BCUT2D eigenvalue weighted by molar-refractivity contribution is 8.05. The molecule has 1 atom stereocenters. The molecular weight excluding hydrogens is 422 g/mol. The second kappa shape index (κ2) is 9.04. The largest absolute Gasteiger partial charge is 0.497 e. The number of anilines is 1. The second-order valence-electron chi connectivity index (χ2n) is 7.69. The van der Waals surface area contributed by atoms with Crippen molar-refractivity contribution < 1.29 is 14.3 Å². The summed E-state index contributed by atoms with van der Waals surface area (Å²) in [5, 5.41) is 6.36. The van der Waals surface area contributed by atoms with E-state index >= 15 is 0 Å². The van der Waals surface area contributed by atoms with E-state index in [1.165, 1.54) is 11.8 Å². The first-order valence-corrected chi connectivity index (χ1v) is 11.2. The molecule has 1 aliphatic heterocycles. The molecule has 166 valence electrons. The van der Waals surface area contributed by atoms with Crippen LogP contribution < -0.4 is 20.1 Å². The molecule has 0 saturated carbocycles. The fourth-order valence-corrected chi connectivity index (χ4v) is 4.81. The minimum Gasteiger partial charge on any atom is -0.497 e. The van der Waals surface area contributed by atoms with Gasteiger partial charge in [0.15, 0.2) is 5.50 Å². The number of carbonyl (C=O) groups excluding carboxylic acids is 1. The summed E-state index contributed by atoms with van der Waals surface area (Å²) in [6.45, 7) is 6.15. The zero-order valence-corrected chi connectivity index (χ0v) is 19.7. The summed E-state index contributed by atoms with van der Waals surface area (Å²) >= 11 is 1.47. The van der Waals surface area contributed by atoms with Gasteiger partial charge in [-0.25, -0.2) is 0 Å². The zero-order valence-electron chi connectivity index (χ0n) is 18.9. The van der Waals surface area contributed by atoms with Gasteiger partial charge in [-0.05, 0) is 80.4 Å². The number of nitrogens with zero attached hydrogens (tertiary/aromatic N) is 1. The van der Waals surface area contributed by atoms with Crippen LogP contribution in [-0.2, 0) is 4.79 Å². The monoisotopic (exact) mass is 449 g/mol. The van der Waals surface area contributed by atoms with Crippen molar-refractivity contribution in [3.05, 3.63) is 76.0 Å². The van der Waals surface area contributed by atoms with Gasteiger partial charge in [0.2, 0.25) is 0 Å². The lowest BCUT2D eigenvalue weighted by Crippen LogP contribution is -2.31. The summed E-state index contributed by atoms with van der Waals surface area (Å²) in [5.41, 5.74) is 5.94. The number of thioether (sulfide) groups is 1. The Labute approximate surface area is 192 Å². The molecule has 0 spiro atoms. The minimum absolute atomic E-state index is 0.0895. The third kappa shape index (κ3) is 4.34. The number of aromatic nitrogens is 1. The molecule has 2 aromatic carbocycles. The maximum Gasteiger partial charge on any atom is 0.260 e. The second-order valence-corrected chi connectivity index (χ2v) is 8.83. The summed E-state index contributed by atoms with van der Waals surface area (Å²) in [5.74, 6) is 1.47. The predicted molar refractivity (Wildman–Crippen MR) is 131 cm³/mol. The van der Waals surface area contributed by atoms with E-state index in [1.54, 1.807) is 14.2 Å². The summed E-state index contributed by atoms with van der Waals surface area (Å²) in [6, 6.07) is 16.0.